The summed E-state index contributed by atoms with van der Waals surface area (Å²) in [5.74, 6) is 1.19. The zero-order valence-electron chi connectivity index (χ0n) is 11.6. The Labute approximate surface area is 125 Å². The van der Waals surface area contributed by atoms with Crippen molar-refractivity contribution in [3.8, 4) is 5.75 Å². The van der Waals surface area contributed by atoms with Gasteiger partial charge in [0.25, 0.3) is 0 Å². The Morgan fingerprint density at radius 2 is 2.20 bits per heavy atom. The molecule has 0 spiro atoms. The van der Waals surface area contributed by atoms with Crippen molar-refractivity contribution in [2.24, 2.45) is 5.92 Å². The number of hydrogen-bond acceptors (Lipinski definition) is 3. The summed E-state index contributed by atoms with van der Waals surface area (Å²) in [7, 11) is 0. The third-order valence-corrected chi connectivity index (χ3v) is 4.01. The van der Waals surface area contributed by atoms with Crippen molar-refractivity contribution in [1.82, 2.24) is 10.6 Å². The van der Waals surface area contributed by atoms with Crippen LogP contribution in [0.5, 0.6) is 5.75 Å². The molecule has 1 aromatic rings. The average Bonchev–Trinajstić information content (AvgIpc) is 2.82. The second kappa shape index (κ2) is 6.46. The minimum absolute atomic E-state index is 0. The SMILES string of the molecule is C[C@H]1C[C@@H](C(=O)NC2COc3ccccc32)CCN1.Cl. The fourth-order valence-electron chi connectivity index (χ4n) is 2.94. The third-order valence-electron chi connectivity index (χ3n) is 4.01. The lowest BCUT2D eigenvalue weighted by Gasteiger charge is -2.28. The Morgan fingerprint density at radius 1 is 1.40 bits per heavy atom. The van der Waals surface area contributed by atoms with E-state index in [9.17, 15) is 4.79 Å². The molecular formula is C15H21ClN2O2. The molecule has 2 N–H and O–H groups in total. The average molecular weight is 297 g/mol. The van der Waals surface area contributed by atoms with E-state index in [1.807, 2.05) is 24.3 Å². The van der Waals surface area contributed by atoms with Crippen molar-refractivity contribution >= 4 is 18.3 Å². The number of piperidine rings is 1. The van der Waals surface area contributed by atoms with E-state index < -0.39 is 0 Å². The molecule has 0 saturated carbocycles. The second-order valence-electron chi connectivity index (χ2n) is 5.49. The van der Waals surface area contributed by atoms with E-state index in [0.717, 1.165) is 30.7 Å². The van der Waals surface area contributed by atoms with Crippen LogP contribution in [0.3, 0.4) is 0 Å². The first-order valence-corrected chi connectivity index (χ1v) is 6.99. The minimum atomic E-state index is 0. The molecule has 0 aliphatic carbocycles. The molecule has 0 aromatic heterocycles. The van der Waals surface area contributed by atoms with Gasteiger partial charge < -0.3 is 15.4 Å². The first-order chi connectivity index (χ1) is 9.24. The lowest BCUT2D eigenvalue weighted by molar-refractivity contribution is -0.126. The Balaban J connectivity index is 0.00000147. The van der Waals surface area contributed by atoms with Gasteiger partial charge in [0, 0.05) is 17.5 Å². The van der Waals surface area contributed by atoms with E-state index in [0.29, 0.717) is 12.6 Å². The molecule has 1 amide bonds. The molecule has 3 rings (SSSR count). The van der Waals surface area contributed by atoms with Crippen LogP contribution in [0.2, 0.25) is 0 Å². The number of halogens is 1. The second-order valence-corrected chi connectivity index (χ2v) is 5.49. The minimum Gasteiger partial charge on any atom is -0.491 e. The largest absolute Gasteiger partial charge is 0.491 e. The van der Waals surface area contributed by atoms with Gasteiger partial charge in [-0.15, -0.1) is 12.4 Å². The van der Waals surface area contributed by atoms with Crippen LogP contribution in [-0.4, -0.2) is 25.1 Å². The lowest BCUT2D eigenvalue weighted by atomic mass is 9.92. The monoisotopic (exact) mass is 296 g/mol. The maximum absolute atomic E-state index is 12.3. The summed E-state index contributed by atoms with van der Waals surface area (Å²) < 4.78 is 5.59. The van der Waals surface area contributed by atoms with Gasteiger partial charge in [-0.05, 0) is 32.4 Å². The van der Waals surface area contributed by atoms with Gasteiger partial charge >= 0.3 is 0 Å². The zero-order valence-corrected chi connectivity index (χ0v) is 12.4. The highest BCUT2D eigenvalue weighted by molar-refractivity contribution is 5.85. The van der Waals surface area contributed by atoms with Crippen LogP contribution in [0.15, 0.2) is 24.3 Å². The van der Waals surface area contributed by atoms with Crippen LogP contribution in [0.1, 0.15) is 31.4 Å². The standard InChI is InChI=1S/C15H20N2O2.ClH/c1-10-8-11(6-7-16-10)15(18)17-13-9-19-14-5-3-2-4-12(13)14;/h2-5,10-11,13,16H,6-9H2,1H3,(H,17,18);1H/t10-,11-,13?;/m0./s1. The summed E-state index contributed by atoms with van der Waals surface area (Å²) in [4.78, 5) is 12.3. The molecule has 20 heavy (non-hydrogen) atoms. The predicted octanol–water partition coefficient (Wildman–Crippen LogP) is 2.05. The number of benzene rings is 1. The number of hydrogen-bond donors (Lipinski definition) is 2. The topological polar surface area (TPSA) is 50.4 Å². The van der Waals surface area contributed by atoms with Gasteiger partial charge in [0.2, 0.25) is 5.91 Å². The fourth-order valence-corrected chi connectivity index (χ4v) is 2.94. The highest BCUT2D eigenvalue weighted by Crippen LogP contribution is 2.32. The number of para-hydroxylation sites is 1. The number of amides is 1. The van der Waals surface area contributed by atoms with E-state index in [4.69, 9.17) is 4.74 Å². The smallest absolute Gasteiger partial charge is 0.223 e. The maximum Gasteiger partial charge on any atom is 0.223 e. The fraction of sp³-hybridized carbons (Fsp3) is 0.533. The summed E-state index contributed by atoms with van der Waals surface area (Å²) in [6, 6.07) is 8.36. The molecule has 3 atom stereocenters. The van der Waals surface area contributed by atoms with E-state index >= 15 is 0 Å². The van der Waals surface area contributed by atoms with Crippen LogP contribution in [0, 0.1) is 5.92 Å². The van der Waals surface area contributed by atoms with Crippen LogP contribution >= 0.6 is 12.4 Å². The first-order valence-electron chi connectivity index (χ1n) is 6.99. The van der Waals surface area contributed by atoms with E-state index in [-0.39, 0.29) is 30.3 Å². The molecular weight excluding hydrogens is 276 g/mol. The summed E-state index contributed by atoms with van der Waals surface area (Å²) in [6.45, 7) is 3.61. The number of nitrogens with one attached hydrogen (secondary N) is 2. The molecule has 1 saturated heterocycles. The zero-order chi connectivity index (χ0) is 13.2. The van der Waals surface area contributed by atoms with Crippen molar-refractivity contribution in [3.05, 3.63) is 29.8 Å². The van der Waals surface area contributed by atoms with Crippen molar-refractivity contribution in [2.45, 2.75) is 31.8 Å². The van der Waals surface area contributed by atoms with Gasteiger partial charge in [0.1, 0.15) is 12.4 Å². The van der Waals surface area contributed by atoms with E-state index in [2.05, 4.69) is 17.6 Å². The molecule has 4 nitrogen and oxygen atoms in total. The molecule has 0 bridgehead atoms. The number of ether oxygens (including phenoxy) is 1. The number of rotatable bonds is 2. The van der Waals surface area contributed by atoms with Crippen molar-refractivity contribution in [1.29, 1.82) is 0 Å². The van der Waals surface area contributed by atoms with Crippen molar-refractivity contribution in [2.75, 3.05) is 13.2 Å². The number of fused-ring (bicyclic) bond motifs is 1. The summed E-state index contributed by atoms with van der Waals surface area (Å²) >= 11 is 0. The Bertz CT molecular complexity index is 481. The molecule has 0 radical (unpaired) electrons. The van der Waals surface area contributed by atoms with Crippen LogP contribution in [-0.2, 0) is 4.79 Å². The Kier molecular flexibility index (Phi) is 4.89. The highest BCUT2D eigenvalue weighted by Gasteiger charge is 2.30. The van der Waals surface area contributed by atoms with Crippen LogP contribution in [0.4, 0.5) is 0 Å². The van der Waals surface area contributed by atoms with Crippen LogP contribution < -0.4 is 15.4 Å². The van der Waals surface area contributed by atoms with Gasteiger partial charge in [-0.1, -0.05) is 18.2 Å². The van der Waals surface area contributed by atoms with Gasteiger partial charge in [-0.25, -0.2) is 0 Å². The lowest BCUT2D eigenvalue weighted by Crippen LogP contribution is -2.43. The maximum atomic E-state index is 12.3. The molecule has 1 unspecified atom stereocenters. The van der Waals surface area contributed by atoms with Gasteiger partial charge in [-0.3, -0.25) is 4.79 Å². The third kappa shape index (κ3) is 3.07. The summed E-state index contributed by atoms with van der Waals surface area (Å²) in [6.07, 6.45) is 1.84. The molecule has 2 aliphatic heterocycles. The van der Waals surface area contributed by atoms with Crippen molar-refractivity contribution < 1.29 is 9.53 Å². The molecule has 110 valence electrons. The number of carbonyl (C=O) groups excluding carboxylic acids is 1. The molecule has 1 fully saturated rings. The summed E-state index contributed by atoms with van der Waals surface area (Å²) in [5, 5.41) is 6.51. The number of carbonyl (C=O) groups is 1. The molecule has 1 aromatic carbocycles. The quantitative estimate of drug-likeness (QED) is 0.878. The van der Waals surface area contributed by atoms with Crippen LogP contribution in [0.25, 0.3) is 0 Å². The van der Waals surface area contributed by atoms with E-state index in [1.165, 1.54) is 0 Å². The highest BCUT2D eigenvalue weighted by atomic mass is 35.5. The molecule has 2 aliphatic rings. The Morgan fingerprint density at radius 3 is 3.00 bits per heavy atom. The van der Waals surface area contributed by atoms with Crippen molar-refractivity contribution in [3.63, 3.8) is 0 Å². The normalized spacial score (nSPS) is 27.9. The van der Waals surface area contributed by atoms with Gasteiger partial charge in [-0.2, -0.15) is 0 Å². The predicted molar refractivity (Wildman–Crippen MR) is 80.3 cm³/mol. The molecule has 5 heteroatoms. The van der Waals surface area contributed by atoms with Gasteiger partial charge in [0.05, 0.1) is 6.04 Å². The van der Waals surface area contributed by atoms with E-state index in [1.54, 1.807) is 0 Å². The van der Waals surface area contributed by atoms with Gasteiger partial charge in [0.15, 0.2) is 0 Å². The molecule has 2 heterocycles. The Hall–Kier alpha value is -1.26. The summed E-state index contributed by atoms with van der Waals surface area (Å²) in [5.41, 5.74) is 1.10. The first kappa shape index (κ1) is 15.1.